The van der Waals surface area contributed by atoms with Crippen LogP contribution in [0.25, 0.3) is 0 Å². The van der Waals surface area contributed by atoms with E-state index in [1.807, 2.05) is 30.3 Å². The average molecular weight is 489 g/mol. The van der Waals surface area contributed by atoms with E-state index in [9.17, 15) is 18.0 Å². The molecule has 1 fully saturated rings. The number of ether oxygens (including phenoxy) is 1. The molecule has 0 atom stereocenters. The van der Waals surface area contributed by atoms with Crippen LogP contribution in [0.3, 0.4) is 0 Å². The third-order valence-electron chi connectivity index (χ3n) is 5.52. The molecule has 0 bridgehead atoms. The van der Waals surface area contributed by atoms with Crippen LogP contribution in [0.2, 0.25) is 0 Å². The quantitative estimate of drug-likeness (QED) is 0.450. The number of sulfonamides is 1. The highest BCUT2D eigenvalue weighted by atomic mass is 32.2. The lowest BCUT2D eigenvalue weighted by Gasteiger charge is -2.30. The molecule has 1 heterocycles. The summed E-state index contributed by atoms with van der Waals surface area (Å²) in [5, 5.41) is 2.85. The van der Waals surface area contributed by atoms with Crippen molar-refractivity contribution in [2.75, 3.05) is 59.0 Å². The number of benzene rings is 2. The Hall–Kier alpha value is -2.79. The molecule has 1 saturated heterocycles. The molecule has 1 aliphatic heterocycles. The minimum atomic E-state index is -3.82. The molecule has 1 aliphatic rings. The molecule has 10 heteroatoms. The van der Waals surface area contributed by atoms with Crippen molar-refractivity contribution in [2.24, 2.45) is 0 Å². The molecule has 184 valence electrons. The van der Waals surface area contributed by atoms with E-state index >= 15 is 0 Å². The van der Waals surface area contributed by atoms with Gasteiger partial charge in [0, 0.05) is 32.7 Å². The van der Waals surface area contributed by atoms with E-state index in [2.05, 4.69) is 14.9 Å². The first kappa shape index (κ1) is 25.8. The van der Waals surface area contributed by atoms with Gasteiger partial charge in [-0.05, 0) is 24.1 Å². The Kier molecular flexibility index (Phi) is 10.0. The number of morpholine rings is 1. The molecule has 3 rings (SSSR count). The van der Waals surface area contributed by atoms with Gasteiger partial charge in [0.15, 0.2) is 0 Å². The first-order valence-corrected chi connectivity index (χ1v) is 12.9. The molecule has 2 amide bonds. The number of nitrogens with zero attached hydrogens (tertiary/aromatic N) is 2. The maximum atomic E-state index is 12.9. The average Bonchev–Trinajstić information content (AvgIpc) is 2.87. The Morgan fingerprint density at radius 1 is 0.971 bits per heavy atom. The summed E-state index contributed by atoms with van der Waals surface area (Å²) in [4.78, 5) is 29.1. The predicted octanol–water partition coefficient (Wildman–Crippen LogP) is 0.485. The highest BCUT2D eigenvalue weighted by Crippen LogP contribution is 2.07. The number of hydrogen-bond acceptors (Lipinski definition) is 6. The number of rotatable bonds is 12. The standard InChI is InChI=1S/C24H32N4O5S/c29-23(25-12-11-21-7-3-1-4-8-21)20-28(14-13-27-15-17-33-18-16-27)24(30)19-26-34(31,32)22-9-5-2-6-10-22/h1-10,26H,11-20H2,(H,25,29). The topological polar surface area (TPSA) is 108 Å². The van der Waals surface area contributed by atoms with Gasteiger partial charge in [-0.25, -0.2) is 13.1 Å². The predicted molar refractivity (Wildman–Crippen MR) is 129 cm³/mol. The van der Waals surface area contributed by atoms with Crippen LogP contribution in [0.1, 0.15) is 5.56 Å². The zero-order valence-corrected chi connectivity index (χ0v) is 20.0. The third-order valence-corrected chi connectivity index (χ3v) is 6.94. The molecule has 34 heavy (non-hydrogen) atoms. The van der Waals surface area contributed by atoms with Crippen LogP contribution >= 0.6 is 0 Å². The molecule has 0 radical (unpaired) electrons. The van der Waals surface area contributed by atoms with Crippen molar-refractivity contribution in [1.82, 2.24) is 19.8 Å². The zero-order chi connectivity index (χ0) is 24.2. The third kappa shape index (κ3) is 8.53. The number of carbonyl (C=O) groups is 2. The fourth-order valence-corrected chi connectivity index (χ4v) is 4.55. The van der Waals surface area contributed by atoms with E-state index in [0.29, 0.717) is 39.3 Å². The van der Waals surface area contributed by atoms with E-state index in [1.54, 1.807) is 18.2 Å². The Balaban J connectivity index is 1.55. The Morgan fingerprint density at radius 2 is 1.62 bits per heavy atom. The monoisotopic (exact) mass is 488 g/mol. The summed E-state index contributed by atoms with van der Waals surface area (Å²) in [6.07, 6.45) is 0.686. The van der Waals surface area contributed by atoms with Crippen LogP contribution in [-0.2, 0) is 30.8 Å². The van der Waals surface area contributed by atoms with Gasteiger partial charge >= 0.3 is 0 Å². The smallest absolute Gasteiger partial charge is 0.241 e. The first-order chi connectivity index (χ1) is 16.4. The molecule has 0 spiro atoms. The molecular weight excluding hydrogens is 456 g/mol. The Bertz CT molecular complexity index is 1010. The lowest BCUT2D eigenvalue weighted by atomic mass is 10.1. The van der Waals surface area contributed by atoms with Crippen molar-refractivity contribution < 1.29 is 22.7 Å². The lowest BCUT2D eigenvalue weighted by Crippen LogP contribution is -2.49. The second kappa shape index (κ2) is 13.2. The molecule has 0 unspecified atom stereocenters. The number of carbonyl (C=O) groups excluding carboxylic acids is 2. The maximum absolute atomic E-state index is 12.9. The second-order valence-electron chi connectivity index (χ2n) is 7.99. The van der Waals surface area contributed by atoms with E-state index in [4.69, 9.17) is 4.74 Å². The minimum Gasteiger partial charge on any atom is -0.379 e. The minimum absolute atomic E-state index is 0.0846. The van der Waals surface area contributed by atoms with Gasteiger partial charge in [0.25, 0.3) is 0 Å². The summed E-state index contributed by atoms with van der Waals surface area (Å²) < 4.78 is 32.7. The number of amides is 2. The Labute approximate surface area is 201 Å². The fourth-order valence-electron chi connectivity index (χ4n) is 3.55. The largest absolute Gasteiger partial charge is 0.379 e. The summed E-state index contributed by atoms with van der Waals surface area (Å²) in [5.41, 5.74) is 1.11. The van der Waals surface area contributed by atoms with Crippen LogP contribution in [0.4, 0.5) is 0 Å². The highest BCUT2D eigenvalue weighted by molar-refractivity contribution is 7.89. The van der Waals surface area contributed by atoms with Crippen LogP contribution in [-0.4, -0.2) is 89.1 Å². The maximum Gasteiger partial charge on any atom is 0.241 e. The number of hydrogen-bond donors (Lipinski definition) is 2. The van der Waals surface area contributed by atoms with Crippen molar-refractivity contribution in [3.63, 3.8) is 0 Å². The zero-order valence-electron chi connectivity index (χ0n) is 19.2. The summed E-state index contributed by atoms with van der Waals surface area (Å²) in [6.45, 7) is 3.57. The fraction of sp³-hybridized carbons (Fsp3) is 0.417. The number of nitrogens with one attached hydrogen (secondary N) is 2. The van der Waals surface area contributed by atoms with Crippen molar-refractivity contribution in [1.29, 1.82) is 0 Å². The normalized spacial score (nSPS) is 14.5. The van der Waals surface area contributed by atoms with Crippen molar-refractivity contribution in [2.45, 2.75) is 11.3 Å². The van der Waals surface area contributed by atoms with Gasteiger partial charge in [-0.15, -0.1) is 0 Å². The van der Waals surface area contributed by atoms with Crippen LogP contribution < -0.4 is 10.0 Å². The van der Waals surface area contributed by atoms with Gasteiger partial charge in [-0.2, -0.15) is 0 Å². The second-order valence-corrected chi connectivity index (χ2v) is 9.76. The highest BCUT2D eigenvalue weighted by Gasteiger charge is 2.22. The SMILES string of the molecule is O=C(CN(CCN1CCOCC1)C(=O)CNS(=O)(=O)c1ccccc1)NCCc1ccccc1. The summed E-state index contributed by atoms with van der Waals surface area (Å²) in [6, 6.07) is 17.7. The van der Waals surface area contributed by atoms with Crippen molar-refractivity contribution in [3.05, 3.63) is 66.2 Å². The molecule has 2 aromatic carbocycles. The van der Waals surface area contributed by atoms with Gasteiger partial charge in [-0.3, -0.25) is 14.5 Å². The van der Waals surface area contributed by atoms with Crippen LogP contribution in [0.15, 0.2) is 65.6 Å². The van der Waals surface area contributed by atoms with E-state index < -0.39 is 22.5 Å². The van der Waals surface area contributed by atoms with Gasteiger partial charge in [-0.1, -0.05) is 48.5 Å². The van der Waals surface area contributed by atoms with E-state index in [0.717, 1.165) is 18.7 Å². The van der Waals surface area contributed by atoms with Crippen molar-refractivity contribution in [3.8, 4) is 0 Å². The molecular formula is C24H32N4O5S. The molecule has 2 N–H and O–H groups in total. The van der Waals surface area contributed by atoms with Gasteiger partial charge in [0.1, 0.15) is 0 Å². The lowest BCUT2D eigenvalue weighted by molar-refractivity contribution is -0.135. The first-order valence-electron chi connectivity index (χ1n) is 11.4. The van der Waals surface area contributed by atoms with Gasteiger partial charge in [0.2, 0.25) is 21.8 Å². The molecule has 0 aromatic heterocycles. The molecule has 0 aliphatic carbocycles. The summed E-state index contributed by atoms with van der Waals surface area (Å²) in [7, 11) is -3.82. The Morgan fingerprint density at radius 3 is 2.29 bits per heavy atom. The molecule has 2 aromatic rings. The van der Waals surface area contributed by atoms with Gasteiger partial charge in [0.05, 0.1) is 31.2 Å². The van der Waals surface area contributed by atoms with Crippen LogP contribution in [0, 0.1) is 0 Å². The van der Waals surface area contributed by atoms with E-state index in [1.165, 1.54) is 17.0 Å². The summed E-state index contributed by atoms with van der Waals surface area (Å²) >= 11 is 0. The summed E-state index contributed by atoms with van der Waals surface area (Å²) in [5.74, 6) is -0.733. The van der Waals surface area contributed by atoms with Crippen molar-refractivity contribution >= 4 is 21.8 Å². The van der Waals surface area contributed by atoms with E-state index in [-0.39, 0.29) is 17.3 Å². The molecule has 9 nitrogen and oxygen atoms in total. The molecule has 0 saturated carbocycles. The van der Waals surface area contributed by atoms with Crippen LogP contribution in [0.5, 0.6) is 0 Å². The van der Waals surface area contributed by atoms with Gasteiger partial charge < -0.3 is 15.0 Å².